The quantitative estimate of drug-likeness (QED) is 0.666. The van der Waals surface area contributed by atoms with Crippen molar-refractivity contribution in [3.8, 4) is 0 Å². The predicted molar refractivity (Wildman–Crippen MR) is 70.2 cm³/mol. The number of carbonyl (C=O) groups is 2. The Morgan fingerprint density at radius 2 is 1.79 bits per heavy atom. The topological polar surface area (TPSA) is 101 Å². The van der Waals surface area contributed by atoms with E-state index in [4.69, 9.17) is 0 Å². The third kappa shape index (κ3) is 3.14. The van der Waals surface area contributed by atoms with Gasteiger partial charge in [0, 0.05) is 6.07 Å². The number of thiophene rings is 2. The van der Waals surface area contributed by atoms with Gasteiger partial charge in [-0.3, -0.25) is 30.6 Å². The van der Waals surface area contributed by atoms with Gasteiger partial charge in [-0.05, 0) is 17.5 Å². The molecule has 98 valence electrons. The van der Waals surface area contributed by atoms with Crippen LogP contribution in [0.1, 0.15) is 19.3 Å². The fraction of sp³-hybridized carbons (Fsp3) is 0. The highest BCUT2D eigenvalue weighted by Gasteiger charge is 2.16. The molecule has 19 heavy (non-hydrogen) atoms. The second kappa shape index (κ2) is 5.59. The Labute approximate surface area is 115 Å². The van der Waals surface area contributed by atoms with Crippen LogP contribution >= 0.6 is 22.7 Å². The third-order valence-electron chi connectivity index (χ3n) is 2.03. The van der Waals surface area contributed by atoms with E-state index in [9.17, 15) is 19.7 Å². The van der Waals surface area contributed by atoms with Crippen LogP contribution in [0.25, 0.3) is 0 Å². The van der Waals surface area contributed by atoms with Gasteiger partial charge in [-0.25, -0.2) is 0 Å². The first kappa shape index (κ1) is 13.2. The lowest BCUT2D eigenvalue weighted by Gasteiger charge is -2.03. The normalized spacial score (nSPS) is 9.89. The molecule has 0 aromatic carbocycles. The van der Waals surface area contributed by atoms with Gasteiger partial charge in [0.1, 0.15) is 4.88 Å². The van der Waals surface area contributed by atoms with Crippen molar-refractivity contribution in [3.63, 3.8) is 0 Å². The highest BCUT2D eigenvalue weighted by atomic mass is 32.1. The van der Waals surface area contributed by atoms with Gasteiger partial charge in [0.25, 0.3) is 11.8 Å². The highest BCUT2D eigenvalue weighted by Crippen LogP contribution is 2.23. The van der Waals surface area contributed by atoms with E-state index in [1.54, 1.807) is 17.5 Å². The molecular weight excluding hydrogens is 290 g/mol. The average Bonchev–Trinajstić information content (AvgIpc) is 3.05. The molecular formula is C10H7N3O4S2. The fourth-order valence-electron chi connectivity index (χ4n) is 1.19. The predicted octanol–water partition coefficient (Wildman–Crippen LogP) is 1.79. The lowest BCUT2D eigenvalue weighted by molar-refractivity contribution is -0.380. The van der Waals surface area contributed by atoms with Crippen molar-refractivity contribution < 1.29 is 14.5 Å². The van der Waals surface area contributed by atoms with Crippen molar-refractivity contribution in [1.29, 1.82) is 0 Å². The van der Waals surface area contributed by atoms with Gasteiger partial charge in [0.05, 0.1) is 9.80 Å². The summed E-state index contributed by atoms with van der Waals surface area (Å²) < 4.78 is 0. The van der Waals surface area contributed by atoms with E-state index in [1.807, 2.05) is 0 Å². The number of carbonyl (C=O) groups excluding carboxylic acids is 2. The molecule has 7 nitrogen and oxygen atoms in total. The van der Waals surface area contributed by atoms with E-state index in [1.165, 1.54) is 23.5 Å². The van der Waals surface area contributed by atoms with Crippen molar-refractivity contribution in [3.05, 3.63) is 49.5 Å². The summed E-state index contributed by atoms with van der Waals surface area (Å²) in [5.74, 6) is -1.03. The summed E-state index contributed by atoms with van der Waals surface area (Å²) in [6.45, 7) is 0. The van der Waals surface area contributed by atoms with Gasteiger partial charge in [-0.15, -0.1) is 11.3 Å². The Balaban J connectivity index is 1.94. The minimum Gasteiger partial charge on any atom is -0.266 e. The Hall–Kier alpha value is -2.26. The van der Waals surface area contributed by atoms with Gasteiger partial charge in [-0.1, -0.05) is 17.4 Å². The summed E-state index contributed by atoms with van der Waals surface area (Å²) in [4.78, 5) is 33.7. The molecule has 2 amide bonds. The first-order chi connectivity index (χ1) is 9.08. The van der Waals surface area contributed by atoms with E-state index >= 15 is 0 Å². The Bertz CT molecular complexity index is 621. The summed E-state index contributed by atoms with van der Waals surface area (Å²) in [6.07, 6.45) is 0. The zero-order valence-electron chi connectivity index (χ0n) is 9.28. The SMILES string of the molecule is O=C(NNC(=O)c1ccc([N+](=O)[O-])s1)c1cccs1. The van der Waals surface area contributed by atoms with Crippen LogP contribution in [0, 0.1) is 10.1 Å². The van der Waals surface area contributed by atoms with Crippen LogP contribution in [0.3, 0.4) is 0 Å². The standard InChI is InChI=1S/C10H7N3O4S2/c14-9(6-2-1-5-18-6)11-12-10(15)7-3-4-8(19-7)13(16)17/h1-5H,(H,11,14)(H,12,15). The van der Waals surface area contributed by atoms with E-state index in [0.717, 1.165) is 11.3 Å². The first-order valence-corrected chi connectivity index (χ1v) is 6.66. The van der Waals surface area contributed by atoms with Crippen LogP contribution in [-0.2, 0) is 0 Å². The molecule has 2 N–H and O–H groups in total. The smallest absolute Gasteiger partial charge is 0.266 e. The van der Waals surface area contributed by atoms with E-state index < -0.39 is 16.7 Å². The maximum Gasteiger partial charge on any atom is 0.324 e. The number of hydrogen-bond acceptors (Lipinski definition) is 6. The molecule has 9 heteroatoms. The molecule has 0 aliphatic heterocycles. The maximum absolute atomic E-state index is 11.6. The van der Waals surface area contributed by atoms with Crippen molar-refractivity contribution in [2.24, 2.45) is 0 Å². The lowest BCUT2D eigenvalue weighted by atomic mass is 10.4. The van der Waals surface area contributed by atoms with Crippen LogP contribution in [-0.4, -0.2) is 16.7 Å². The first-order valence-electron chi connectivity index (χ1n) is 4.96. The molecule has 0 bridgehead atoms. The number of rotatable bonds is 3. The molecule has 0 unspecified atom stereocenters. The van der Waals surface area contributed by atoms with Gasteiger partial charge >= 0.3 is 5.00 Å². The molecule has 0 saturated heterocycles. The maximum atomic E-state index is 11.6. The number of amides is 2. The average molecular weight is 297 g/mol. The molecule has 2 aromatic rings. The minimum absolute atomic E-state index is 0.130. The summed E-state index contributed by atoms with van der Waals surface area (Å²) in [7, 11) is 0. The monoisotopic (exact) mass is 297 g/mol. The van der Waals surface area contributed by atoms with Crippen molar-refractivity contribution in [2.45, 2.75) is 0 Å². The van der Waals surface area contributed by atoms with Gasteiger partial charge in [0.2, 0.25) is 0 Å². The van der Waals surface area contributed by atoms with Gasteiger partial charge < -0.3 is 0 Å². The minimum atomic E-state index is -0.594. The number of nitro groups is 1. The summed E-state index contributed by atoms with van der Waals surface area (Å²) in [6, 6.07) is 5.89. The van der Waals surface area contributed by atoms with Crippen molar-refractivity contribution in [1.82, 2.24) is 10.9 Å². The number of nitrogens with zero attached hydrogens (tertiary/aromatic N) is 1. The second-order valence-electron chi connectivity index (χ2n) is 3.28. The van der Waals surface area contributed by atoms with Gasteiger partial charge in [-0.2, -0.15) is 0 Å². The second-order valence-corrected chi connectivity index (χ2v) is 5.29. The molecule has 2 aromatic heterocycles. The van der Waals surface area contributed by atoms with E-state index in [2.05, 4.69) is 10.9 Å². The lowest BCUT2D eigenvalue weighted by Crippen LogP contribution is -2.41. The van der Waals surface area contributed by atoms with Crippen LogP contribution in [0.2, 0.25) is 0 Å². The molecule has 0 aliphatic rings. The van der Waals surface area contributed by atoms with E-state index in [0.29, 0.717) is 4.88 Å². The molecule has 2 rings (SSSR count). The molecule has 0 spiro atoms. The Morgan fingerprint density at radius 3 is 2.32 bits per heavy atom. The zero-order chi connectivity index (χ0) is 13.8. The van der Waals surface area contributed by atoms with Crippen LogP contribution in [0.4, 0.5) is 5.00 Å². The van der Waals surface area contributed by atoms with E-state index in [-0.39, 0.29) is 9.88 Å². The molecule has 2 heterocycles. The van der Waals surface area contributed by atoms with Crippen LogP contribution < -0.4 is 10.9 Å². The molecule has 0 saturated carbocycles. The molecule has 0 atom stereocenters. The van der Waals surface area contributed by atoms with Crippen LogP contribution in [0.5, 0.6) is 0 Å². The number of hydrogen-bond donors (Lipinski definition) is 2. The Kier molecular flexibility index (Phi) is 3.88. The summed E-state index contributed by atoms with van der Waals surface area (Å²) in [5, 5.41) is 12.1. The highest BCUT2D eigenvalue weighted by molar-refractivity contribution is 7.17. The molecule has 0 fully saturated rings. The molecule has 0 aliphatic carbocycles. The van der Waals surface area contributed by atoms with Gasteiger partial charge in [0.15, 0.2) is 0 Å². The summed E-state index contributed by atoms with van der Waals surface area (Å²) in [5.41, 5.74) is 4.43. The largest absolute Gasteiger partial charge is 0.324 e. The third-order valence-corrected chi connectivity index (χ3v) is 3.93. The molecule has 0 radical (unpaired) electrons. The van der Waals surface area contributed by atoms with Crippen LogP contribution in [0.15, 0.2) is 29.6 Å². The zero-order valence-corrected chi connectivity index (χ0v) is 10.9. The summed E-state index contributed by atoms with van der Waals surface area (Å²) >= 11 is 1.97. The fourth-order valence-corrected chi connectivity index (χ4v) is 2.53. The number of hydrazine groups is 1. The Morgan fingerprint density at radius 1 is 1.11 bits per heavy atom. The van der Waals surface area contributed by atoms with Crippen molar-refractivity contribution in [2.75, 3.05) is 0 Å². The van der Waals surface area contributed by atoms with Crippen molar-refractivity contribution >= 4 is 39.5 Å². The number of nitrogens with one attached hydrogen (secondary N) is 2.